The van der Waals surface area contributed by atoms with Crippen LogP contribution in [0.5, 0.6) is 11.5 Å². The Bertz CT molecular complexity index is 1020. The van der Waals surface area contributed by atoms with E-state index in [9.17, 15) is 9.90 Å². The molecule has 1 atom stereocenters. The molecule has 3 aromatic rings. The summed E-state index contributed by atoms with van der Waals surface area (Å²) in [5.41, 5.74) is 2.78. The number of aromatic nitrogens is 1. The second-order valence-corrected chi connectivity index (χ2v) is 6.45. The molecule has 1 aliphatic heterocycles. The Morgan fingerprint density at radius 1 is 1.11 bits per heavy atom. The second-order valence-electron chi connectivity index (χ2n) is 6.45. The van der Waals surface area contributed by atoms with Gasteiger partial charge >= 0.3 is 0 Å². The van der Waals surface area contributed by atoms with Crippen LogP contribution >= 0.6 is 0 Å². The summed E-state index contributed by atoms with van der Waals surface area (Å²) in [6, 6.07) is 17.6. The highest BCUT2D eigenvalue weighted by Crippen LogP contribution is 2.37. The fourth-order valence-electron chi connectivity index (χ4n) is 3.29. The Balaban J connectivity index is 1.73. The highest BCUT2D eigenvalue weighted by atomic mass is 16.5. The maximum absolute atomic E-state index is 13.1. The van der Waals surface area contributed by atoms with Gasteiger partial charge in [0.15, 0.2) is 0 Å². The summed E-state index contributed by atoms with van der Waals surface area (Å²) in [6.45, 7) is 0. The normalized spacial score (nSPS) is 16.0. The lowest BCUT2D eigenvalue weighted by Gasteiger charge is -2.22. The van der Waals surface area contributed by atoms with Gasteiger partial charge in [-0.2, -0.15) is 5.10 Å². The average molecular weight is 373 g/mol. The largest absolute Gasteiger partial charge is 0.508 e. The van der Waals surface area contributed by atoms with Gasteiger partial charge in [-0.05, 0) is 48.0 Å². The minimum Gasteiger partial charge on any atom is -0.508 e. The molecule has 0 bridgehead atoms. The monoisotopic (exact) mass is 373 g/mol. The van der Waals surface area contributed by atoms with E-state index in [1.54, 1.807) is 37.6 Å². The first-order valence-electron chi connectivity index (χ1n) is 8.91. The number of benzene rings is 2. The molecule has 0 aliphatic carbocycles. The minimum absolute atomic E-state index is 0.141. The molecule has 0 fully saturated rings. The molecule has 0 unspecified atom stereocenters. The number of nitrogens with zero attached hydrogens (tertiary/aromatic N) is 3. The number of ether oxygens (including phenoxy) is 1. The first-order chi connectivity index (χ1) is 13.7. The summed E-state index contributed by atoms with van der Waals surface area (Å²) >= 11 is 0. The van der Waals surface area contributed by atoms with Crippen LogP contribution in [-0.2, 0) is 0 Å². The van der Waals surface area contributed by atoms with Crippen LogP contribution in [0.15, 0.2) is 78.2 Å². The molecule has 1 aliphatic rings. The third kappa shape index (κ3) is 3.32. The predicted octanol–water partition coefficient (Wildman–Crippen LogP) is 3.79. The Kier molecular flexibility index (Phi) is 4.76. The van der Waals surface area contributed by atoms with Crippen LogP contribution < -0.4 is 4.74 Å². The zero-order chi connectivity index (χ0) is 19.5. The summed E-state index contributed by atoms with van der Waals surface area (Å²) in [5, 5.41) is 16.4. The Labute approximate surface area is 162 Å². The number of hydrogen-bond donors (Lipinski definition) is 1. The summed E-state index contributed by atoms with van der Waals surface area (Å²) in [4.78, 5) is 17.1. The van der Waals surface area contributed by atoms with E-state index < -0.39 is 6.04 Å². The number of carbonyl (C=O) groups is 1. The third-order valence-electron chi connectivity index (χ3n) is 4.75. The molecule has 2 heterocycles. The van der Waals surface area contributed by atoms with Crippen molar-refractivity contribution >= 4 is 11.6 Å². The molecule has 28 heavy (non-hydrogen) atoms. The van der Waals surface area contributed by atoms with Crippen LogP contribution in [0.25, 0.3) is 0 Å². The molecule has 2 aromatic carbocycles. The van der Waals surface area contributed by atoms with Crippen molar-refractivity contribution in [2.75, 3.05) is 7.11 Å². The van der Waals surface area contributed by atoms with Gasteiger partial charge < -0.3 is 9.84 Å². The first kappa shape index (κ1) is 17.7. The van der Waals surface area contributed by atoms with Gasteiger partial charge in [0.25, 0.3) is 5.91 Å². The number of aromatic hydroxyl groups is 1. The van der Waals surface area contributed by atoms with E-state index in [-0.39, 0.29) is 11.7 Å². The van der Waals surface area contributed by atoms with Gasteiger partial charge in [-0.1, -0.05) is 18.2 Å². The molecule has 140 valence electrons. The quantitative estimate of drug-likeness (QED) is 0.755. The lowest BCUT2D eigenvalue weighted by molar-refractivity contribution is 0.0709. The van der Waals surface area contributed by atoms with Crippen LogP contribution in [0.3, 0.4) is 0 Å². The predicted molar refractivity (Wildman–Crippen MR) is 105 cm³/mol. The maximum Gasteiger partial charge on any atom is 0.276 e. The van der Waals surface area contributed by atoms with Crippen LogP contribution in [0.1, 0.15) is 33.9 Å². The van der Waals surface area contributed by atoms with E-state index in [2.05, 4.69) is 10.1 Å². The summed E-state index contributed by atoms with van der Waals surface area (Å²) < 4.78 is 5.21. The highest BCUT2D eigenvalue weighted by Gasteiger charge is 2.35. The average Bonchev–Trinajstić information content (AvgIpc) is 3.19. The zero-order valence-electron chi connectivity index (χ0n) is 15.3. The van der Waals surface area contributed by atoms with Crippen molar-refractivity contribution in [1.82, 2.24) is 9.99 Å². The number of hydrazone groups is 1. The molecule has 0 spiro atoms. The molecule has 6 nitrogen and oxygen atoms in total. The number of carbonyl (C=O) groups excluding carboxylic acids is 1. The topological polar surface area (TPSA) is 75.0 Å². The highest BCUT2D eigenvalue weighted by molar-refractivity contribution is 6.05. The lowest BCUT2D eigenvalue weighted by Crippen LogP contribution is -2.27. The number of pyridine rings is 1. The molecule has 6 heteroatoms. The van der Waals surface area contributed by atoms with Gasteiger partial charge in [-0.15, -0.1) is 0 Å². The summed E-state index contributed by atoms with van der Waals surface area (Å²) in [6.07, 6.45) is 3.63. The molecule has 0 saturated carbocycles. The minimum atomic E-state index is -0.397. The van der Waals surface area contributed by atoms with E-state index in [1.807, 2.05) is 36.4 Å². The van der Waals surface area contributed by atoms with Crippen molar-refractivity contribution in [2.45, 2.75) is 12.5 Å². The van der Waals surface area contributed by atoms with E-state index in [4.69, 9.17) is 4.74 Å². The van der Waals surface area contributed by atoms with E-state index in [1.165, 1.54) is 11.2 Å². The van der Waals surface area contributed by atoms with Crippen molar-refractivity contribution in [1.29, 1.82) is 0 Å². The van der Waals surface area contributed by atoms with Gasteiger partial charge in [-0.25, -0.2) is 5.01 Å². The van der Waals surface area contributed by atoms with Gasteiger partial charge in [0, 0.05) is 24.4 Å². The molecule has 0 saturated heterocycles. The van der Waals surface area contributed by atoms with Crippen LogP contribution in [0.4, 0.5) is 0 Å². The smallest absolute Gasteiger partial charge is 0.276 e. The molecule has 1 amide bonds. The summed E-state index contributed by atoms with van der Waals surface area (Å²) in [5.74, 6) is 0.635. The number of rotatable bonds is 4. The van der Waals surface area contributed by atoms with Crippen LogP contribution in [-0.4, -0.2) is 33.8 Å². The molecule has 0 radical (unpaired) electrons. The molecular weight excluding hydrogens is 354 g/mol. The van der Waals surface area contributed by atoms with Crippen molar-refractivity contribution in [2.24, 2.45) is 5.10 Å². The van der Waals surface area contributed by atoms with E-state index in [0.717, 1.165) is 17.0 Å². The second kappa shape index (κ2) is 7.52. The fraction of sp³-hybridized carbons (Fsp3) is 0.136. The molecule has 4 rings (SSSR count). The van der Waals surface area contributed by atoms with Crippen LogP contribution in [0, 0.1) is 0 Å². The van der Waals surface area contributed by atoms with Crippen molar-refractivity contribution in [3.8, 4) is 11.5 Å². The van der Waals surface area contributed by atoms with Gasteiger partial charge in [-0.3, -0.25) is 9.78 Å². The SMILES string of the molecule is COc1ccc(C2=NN(C(=O)c3cccnc3)[C@@H](c3ccccc3O)C2)cc1. The number of phenolic OH excluding ortho intramolecular Hbond substituents is 1. The van der Waals surface area contributed by atoms with Crippen molar-refractivity contribution in [3.63, 3.8) is 0 Å². The number of methoxy groups -OCH3 is 1. The molecule has 1 N–H and O–H groups in total. The standard InChI is InChI=1S/C22H19N3O3/c1-28-17-10-8-15(9-11-17)19-13-20(18-6-2-3-7-21(18)26)25(24-19)22(27)16-5-4-12-23-14-16/h2-12,14,20,26H,13H2,1H3/t20-/m1/s1. The maximum atomic E-state index is 13.1. The van der Waals surface area contributed by atoms with Crippen molar-refractivity contribution in [3.05, 3.63) is 89.7 Å². The van der Waals surface area contributed by atoms with Gasteiger partial charge in [0.05, 0.1) is 24.4 Å². The van der Waals surface area contributed by atoms with E-state index >= 15 is 0 Å². The van der Waals surface area contributed by atoms with Gasteiger partial charge in [0.1, 0.15) is 11.5 Å². The Morgan fingerprint density at radius 2 is 1.89 bits per heavy atom. The molecule has 1 aromatic heterocycles. The van der Waals surface area contributed by atoms with Crippen LogP contribution in [0.2, 0.25) is 0 Å². The van der Waals surface area contributed by atoms with E-state index in [0.29, 0.717) is 17.5 Å². The number of amides is 1. The molecular formula is C22H19N3O3. The Hall–Kier alpha value is -3.67. The van der Waals surface area contributed by atoms with Gasteiger partial charge in [0.2, 0.25) is 0 Å². The zero-order valence-corrected chi connectivity index (χ0v) is 15.3. The third-order valence-corrected chi connectivity index (χ3v) is 4.75. The number of phenols is 1. The lowest BCUT2D eigenvalue weighted by atomic mass is 9.97. The summed E-state index contributed by atoms with van der Waals surface area (Å²) in [7, 11) is 1.62. The first-order valence-corrected chi connectivity index (χ1v) is 8.91. The number of para-hydroxylation sites is 1. The van der Waals surface area contributed by atoms with Crippen molar-refractivity contribution < 1.29 is 14.6 Å². The number of hydrogen-bond acceptors (Lipinski definition) is 5. The fourth-order valence-corrected chi connectivity index (χ4v) is 3.29. The Morgan fingerprint density at radius 3 is 2.57 bits per heavy atom.